The Balaban J connectivity index is 2.32. The molecule has 0 amide bonds. The summed E-state index contributed by atoms with van der Waals surface area (Å²) in [5.74, 6) is 5.41. The standard InChI is InChI=1S/C24H17N5O6/c25-26-18-13-11-17(12-14-18)21-23(28(32)33)19(15-7-3-1-4-8-15)22(27(30)31)20(24(21)29(34)35)16-9-5-2-6-10-16/h1-14,26H,25H2. The third-order valence-electron chi connectivity index (χ3n) is 5.43. The minimum absolute atomic E-state index is 0.131. The maximum atomic E-state index is 12.4. The first-order chi connectivity index (χ1) is 16.8. The van der Waals surface area contributed by atoms with Crippen LogP contribution in [0.2, 0.25) is 0 Å². The van der Waals surface area contributed by atoms with Crippen LogP contribution in [0, 0.1) is 30.3 Å². The molecule has 35 heavy (non-hydrogen) atoms. The predicted octanol–water partition coefficient (Wildman–Crippen LogP) is 5.70. The Morgan fingerprint density at radius 2 is 0.829 bits per heavy atom. The lowest BCUT2D eigenvalue weighted by Crippen LogP contribution is -2.08. The molecule has 3 N–H and O–H groups in total. The highest BCUT2D eigenvalue weighted by atomic mass is 16.6. The van der Waals surface area contributed by atoms with Crippen LogP contribution in [0.4, 0.5) is 22.7 Å². The van der Waals surface area contributed by atoms with E-state index in [1.54, 1.807) is 36.4 Å². The summed E-state index contributed by atoms with van der Waals surface area (Å²) in [7, 11) is 0. The summed E-state index contributed by atoms with van der Waals surface area (Å²) in [6.45, 7) is 0. The largest absolute Gasteiger partial charge is 0.324 e. The number of nitrogens with zero attached hydrogens (tertiary/aromatic N) is 3. The third kappa shape index (κ3) is 4.14. The molecule has 4 rings (SSSR count). The van der Waals surface area contributed by atoms with Gasteiger partial charge in [0.15, 0.2) is 0 Å². The van der Waals surface area contributed by atoms with Gasteiger partial charge in [0.25, 0.3) is 17.1 Å². The second kappa shape index (κ2) is 9.37. The van der Waals surface area contributed by atoms with Gasteiger partial charge in [0.1, 0.15) is 16.7 Å². The minimum atomic E-state index is -0.818. The molecule has 174 valence electrons. The molecule has 4 aromatic rings. The smallest absolute Gasteiger partial charge is 0.298 e. The number of nitro groups is 3. The number of anilines is 1. The predicted molar refractivity (Wildman–Crippen MR) is 131 cm³/mol. The first-order valence-electron chi connectivity index (χ1n) is 10.2. The highest BCUT2D eigenvalue weighted by Gasteiger charge is 2.43. The average Bonchev–Trinajstić information content (AvgIpc) is 2.87. The molecule has 0 fully saturated rings. The Labute approximate surface area is 197 Å². The highest BCUT2D eigenvalue weighted by Crippen LogP contribution is 2.55. The van der Waals surface area contributed by atoms with Gasteiger partial charge in [-0.25, -0.2) is 0 Å². The average molecular weight is 471 g/mol. The number of nitrogens with one attached hydrogen (secondary N) is 1. The van der Waals surface area contributed by atoms with Crippen molar-refractivity contribution in [3.63, 3.8) is 0 Å². The molecule has 0 spiro atoms. The number of hydrazine groups is 1. The van der Waals surface area contributed by atoms with E-state index in [4.69, 9.17) is 5.84 Å². The van der Waals surface area contributed by atoms with Crippen molar-refractivity contribution in [1.82, 2.24) is 0 Å². The number of benzene rings is 4. The Bertz CT molecular complexity index is 1360. The lowest BCUT2D eigenvalue weighted by molar-refractivity contribution is -0.400. The van der Waals surface area contributed by atoms with Crippen molar-refractivity contribution >= 4 is 22.7 Å². The van der Waals surface area contributed by atoms with E-state index in [-0.39, 0.29) is 33.4 Å². The lowest BCUT2D eigenvalue weighted by atomic mass is 9.87. The van der Waals surface area contributed by atoms with Gasteiger partial charge in [-0.2, -0.15) is 0 Å². The lowest BCUT2D eigenvalue weighted by Gasteiger charge is -2.15. The molecule has 4 aromatic carbocycles. The van der Waals surface area contributed by atoms with E-state index in [9.17, 15) is 30.3 Å². The Hall–Kier alpha value is -5.16. The molecule has 0 aromatic heterocycles. The Morgan fingerprint density at radius 1 is 0.514 bits per heavy atom. The Morgan fingerprint density at radius 3 is 1.11 bits per heavy atom. The van der Waals surface area contributed by atoms with Crippen LogP contribution in [0.1, 0.15) is 0 Å². The van der Waals surface area contributed by atoms with Crippen LogP contribution in [0.25, 0.3) is 33.4 Å². The van der Waals surface area contributed by atoms with E-state index >= 15 is 0 Å². The van der Waals surface area contributed by atoms with Gasteiger partial charge in [-0.15, -0.1) is 0 Å². The molecule has 0 aliphatic heterocycles. The van der Waals surface area contributed by atoms with Crippen LogP contribution in [0.3, 0.4) is 0 Å². The minimum Gasteiger partial charge on any atom is -0.324 e. The van der Waals surface area contributed by atoms with Crippen molar-refractivity contribution < 1.29 is 14.8 Å². The van der Waals surface area contributed by atoms with Crippen molar-refractivity contribution in [3.05, 3.63) is 115 Å². The zero-order chi connectivity index (χ0) is 25.1. The normalized spacial score (nSPS) is 10.5. The first kappa shape index (κ1) is 23.0. The molecular formula is C24H17N5O6. The highest BCUT2D eigenvalue weighted by molar-refractivity contribution is 6.05. The number of nitro benzene ring substituents is 3. The summed E-state index contributed by atoms with van der Waals surface area (Å²) in [6, 6.07) is 21.4. The van der Waals surface area contributed by atoms with Gasteiger partial charge in [0, 0.05) is 5.69 Å². The van der Waals surface area contributed by atoms with Gasteiger partial charge in [-0.1, -0.05) is 72.8 Å². The van der Waals surface area contributed by atoms with Gasteiger partial charge in [-0.05, 0) is 28.8 Å². The molecule has 11 heteroatoms. The van der Waals surface area contributed by atoms with Crippen molar-refractivity contribution in [2.45, 2.75) is 0 Å². The van der Waals surface area contributed by atoms with Crippen LogP contribution in [-0.2, 0) is 0 Å². The van der Waals surface area contributed by atoms with Gasteiger partial charge in [0.05, 0.1) is 14.8 Å². The van der Waals surface area contributed by atoms with Crippen LogP contribution < -0.4 is 11.3 Å². The quantitative estimate of drug-likeness (QED) is 0.197. The number of nitrogens with two attached hydrogens (primary N) is 1. The summed E-state index contributed by atoms with van der Waals surface area (Å²) in [5, 5.41) is 37.3. The molecule has 0 aliphatic rings. The topological polar surface area (TPSA) is 167 Å². The fourth-order valence-electron chi connectivity index (χ4n) is 4.02. The monoisotopic (exact) mass is 471 g/mol. The van der Waals surface area contributed by atoms with E-state index in [0.29, 0.717) is 5.69 Å². The molecule has 11 nitrogen and oxygen atoms in total. The van der Waals surface area contributed by atoms with Crippen LogP contribution in [0.5, 0.6) is 0 Å². The van der Waals surface area contributed by atoms with Gasteiger partial charge < -0.3 is 5.43 Å². The second-order valence-electron chi connectivity index (χ2n) is 7.40. The molecule has 0 heterocycles. The van der Waals surface area contributed by atoms with Crippen LogP contribution in [0.15, 0.2) is 84.9 Å². The van der Waals surface area contributed by atoms with Crippen molar-refractivity contribution in [3.8, 4) is 33.4 Å². The molecular weight excluding hydrogens is 454 g/mol. The zero-order valence-electron chi connectivity index (χ0n) is 18.0. The Kier molecular flexibility index (Phi) is 6.16. The molecule has 0 unspecified atom stereocenters. The van der Waals surface area contributed by atoms with Gasteiger partial charge in [0.2, 0.25) is 0 Å². The molecule has 0 saturated heterocycles. The SMILES string of the molecule is NNc1ccc(-c2c([N+](=O)[O-])c(-c3ccccc3)c([N+](=O)[O-])c(-c3ccccc3)c2[N+](=O)[O-])cc1. The van der Waals surface area contributed by atoms with E-state index in [0.717, 1.165) is 0 Å². The maximum absolute atomic E-state index is 12.4. The number of nitrogen functional groups attached to an aromatic ring is 1. The van der Waals surface area contributed by atoms with E-state index < -0.39 is 31.8 Å². The molecule has 0 radical (unpaired) electrons. The number of hydrogen-bond acceptors (Lipinski definition) is 8. The molecule has 0 aliphatic carbocycles. The number of rotatable bonds is 7. The summed E-state index contributed by atoms with van der Waals surface area (Å²) in [4.78, 5) is 34.8. The van der Waals surface area contributed by atoms with Crippen molar-refractivity contribution in [2.75, 3.05) is 5.43 Å². The zero-order valence-corrected chi connectivity index (χ0v) is 18.0. The van der Waals surface area contributed by atoms with Crippen LogP contribution >= 0.6 is 0 Å². The summed E-state index contributed by atoms with van der Waals surface area (Å²) in [6.07, 6.45) is 0. The number of hydrogen-bond donors (Lipinski definition) is 2. The van der Waals surface area contributed by atoms with E-state index in [1.165, 1.54) is 48.5 Å². The summed E-state index contributed by atoms with van der Waals surface area (Å²) in [5.41, 5.74) is 0.216. The summed E-state index contributed by atoms with van der Waals surface area (Å²) < 4.78 is 0. The first-order valence-corrected chi connectivity index (χ1v) is 10.2. The fourth-order valence-corrected chi connectivity index (χ4v) is 4.02. The molecule has 0 atom stereocenters. The molecule has 0 bridgehead atoms. The maximum Gasteiger partial charge on any atom is 0.298 e. The fraction of sp³-hybridized carbons (Fsp3) is 0. The van der Waals surface area contributed by atoms with E-state index in [2.05, 4.69) is 5.43 Å². The van der Waals surface area contributed by atoms with Gasteiger partial charge in [-0.3, -0.25) is 36.2 Å². The van der Waals surface area contributed by atoms with Crippen molar-refractivity contribution in [1.29, 1.82) is 0 Å². The third-order valence-corrected chi connectivity index (χ3v) is 5.43. The van der Waals surface area contributed by atoms with Crippen LogP contribution in [-0.4, -0.2) is 14.8 Å². The summed E-state index contributed by atoms with van der Waals surface area (Å²) >= 11 is 0. The van der Waals surface area contributed by atoms with Crippen molar-refractivity contribution in [2.24, 2.45) is 5.84 Å². The van der Waals surface area contributed by atoms with Gasteiger partial charge >= 0.3 is 0 Å². The second-order valence-corrected chi connectivity index (χ2v) is 7.40. The molecule has 0 saturated carbocycles. The van der Waals surface area contributed by atoms with E-state index in [1.807, 2.05) is 0 Å².